The summed E-state index contributed by atoms with van der Waals surface area (Å²) >= 11 is 1.59. The number of rotatable bonds is 1. The first-order valence-corrected chi connectivity index (χ1v) is 5.68. The van der Waals surface area contributed by atoms with Gasteiger partial charge >= 0.3 is 83.3 Å². The molecule has 1 aliphatic heterocycles. The van der Waals surface area contributed by atoms with E-state index < -0.39 is 0 Å². The standard InChI is InChI=1S/C8H17N2.Sn/c1-3-8-7-9-5-4-6-10(8)2;/h8H,3-7H2,1-2H3;/q-1;+1. The van der Waals surface area contributed by atoms with Crippen LogP contribution in [0.2, 0.25) is 0 Å². The molecule has 1 unspecified atom stereocenters. The van der Waals surface area contributed by atoms with Crippen molar-refractivity contribution in [2.45, 2.75) is 25.8 Å². The maximum atomic E-state index is 2.53. The quantitative estimate of drug-likeness (QED) is 0.633. The van der Waals surface area contributed by atoms with Crippen LogP contribution in [0.1, 0.15) is 19.8 Å². The fourth-order valence-corrected chi connectivity index (χ4v) is 2.67. The first-order valence-electron chi connectivity index (χ1n) is 4.40. The molecule has 0 bridgehead atoms. The first-order chi connectivity index (χ1) is 5.24. The van der Waals surface area contributed by atoms with Gasteiger partial charge in [-0.1, -0.05) is 0 Å². The van der Waals surface area contributed by atoms with Gasteiger partial charge in [0.25, 0.3) is 0 Å². The third-order valence-corrected chi connectivity index (χ3v) is 3.62. The van der Waals surface area contributed by atoms with Gasteiger partial charge in [-0.3, -0.25) is 0 Å². The average Bonchev–Trinajstić information content (AvgIpc) is 2.13. The molecular formula is C8H17N2Sn. The molecule has 1 heterocycles. The zero-order valence-corrected chi connectivity index (χ0v) is 10.4. The van der Waals surface area contributed by atoms with Crippen LogP contribution in [0.15, 0.2) is 0 Å². The number of hydrogen-bond donors (Lipinski definition) is 0. The SMILES string of the molecule is CCC1C[N]([Sn])CCCN1C. The van der Waals surface area contributed by atoms with E-state index in [0.29, 0.717) is 0 Å². The molecule has 0 amide bonds. The van der Waals surface area contributed by atoms with E-state index in [-0.39, 0.29) is 0 Å². The first kappa shape index (κ1) is 9.80. The van der Waals surface area contributed by atoms with E-state index in [1.165, 1.54) is 32.5 Å². The van der Waals surface area contributed by atoms with Crippen molar-refractivity contribution < 1.29 is 0 Å². The summed E-state index contributed by atoms with van der Waals surface area (Å²) in [6.07, 6.45) is 2.64. The number of nitrogens with zero attached hydrogens (tertiary/aromatic N) is 2. The van der Waals surface area contributed by atoms with Gasteiger partial charge in [0, 0.05) is 0 Å². The van der Waals surface area contributed by atoms with E-state index in [1.54, 1.807) is 22.8 Å². The van der Waals surface area contributed by atoms with Gasteiger partial charge in [0.1, 0.15) is 0 Å². The monoisotopic (exact) mass is 261 g/mol. The van der Waals surface area contributed by atoms with Gasteiger partial charge in [0.2, 0.25) is 0 Å². The third-order valence-electron chi connectivity index (χ3n) is 2.46. The molecule has 3 radical (unpaired) electrons. The Kier molecular flexibility index (Phi) is 4.17. The van der Waals surface area contributed by atoms with Crippen LogP contribution >= 0.6 is 0 Å². The van der Waals surface area contributed by atoms with Crippen molar-refractivity contribution in [2.24, 2.45) is 0 Å². The second-order valence-electron chi connectivity index (χ2n) is 3.34. The van der Waals surface area contributed by atoms with Crippen LogP contribution in [0.4, 0.5) is 0 Å². The Labute approximate surface area is 83.4 Å². The molecule has 0 aliphatic carbocycles. The molecule has 0 N–H and O–H groups in total. The average molecular weight is 260 g/mol. The van der Waals surface area contributed by atoms with Crippen molar-refractivity contribution in [3.05, 3.63) is 0 Å². The maximum absolute atomic E-state index is 2.53. The van der Waals surface area contributed by atoms with Gasteiger partial charge in [-0.25, -0.2) is 0 Å². The van der Waals surface area contributed by atoms with Crippen molar-refractivity contribution in [1.29, 1.82) is 0 Å². The van der Waals surface area contributed by atoms with Crippen LogP contribution in [0.25, 0.3) is 0 Å². The molecule has 0 aromatic carbocycles. The Morgan fingerprint density at radius 1 is 1.45 bits per heavy atom. The molecule has 11 heavy (non-hydrogen) atoms. The molecule has 1 atom stereocenters. The molecular weight excluding hydrogens is 243 g/mol. The fourth-order valence-electron chi connectivity index (χ4n) is 1.62. The minimum absolute atomic E-state index is 0.803. The second-order valence-corrected chi connectivity index (χ2v) is 5.15. The molecule has 0 aromatic heterocycles. The molecule has 1 aliphatic rings. The summed E-state index contributed by atoms with van der Waals surface area (Å²) in [5.74, 6) is 0. The van der Waals surface area contributed by atoms with Crippen molar-refractivity contribution in [1.82, 2.24) is 8.02 Å². The van der Waals surface area contributed by atoms with Crippen LogP contribution in [0, 0.1) is 0 Å². The van der Waals surface area contributed by atoms with Gasteiger partial charge < -0.3 is 0 Å². The van der Waals surface area contributed by atoms with Crippen molar-refractivity contribution in [3.8, 4) is 0 Å². The molecule has 2 nitrogen and oxygen atoms in total. The summed E-state index contributed by atoms with van der Waals surface area (Å²) in [4.78, 5) is 2.50. The zero-order valence-electron chi connectivity index (χ0n) is 7.51. The summed E-state index contributed by atoms with van der Waals surface area (Å²) in [5, 5.41) is 0. The molecule has 0 aromatic rings. The van der Waals surface area contributed by atoms with Crippen LogP contribution < -0.4 is 0 Å². The summed E-state index contributed by atoms with van der Waals surface area (Å²) in [5.41, 5.74) is 0. The molecule has 0 saturated carbocycles. The number of likely N-dealkylation sites (N-methyl/N-ethyl adjacent to an activating group) is 1. The van der Waals surface area contributed by atoms with Crippen molar-refractivity contribution >= 4 is 22.8 Å². The van der Waals surface area contributed by atoms with Gasteiger partial charge in [0.05, 0.1) is 0 Å². The molecule has 1 saturated heterocycles. The van der Waals surface area contributed by atoms with E-state index in [0.717, 1.165) is 6.04 Å². The van der Waals surface area contributed by atoms with Crippen LogP contribution in [0.3, 0.4) is 0 Å². The molecule has 63 valence electrons. The van der Waals surface area contributed by atoms with E-state index in [1.807, 2.05) is 0 Å². The topological polar surface area (TPSA) is 6.48 Å². The normalized spacial score (nSPS) is 30.3. The number of hydrogen-bond acceptors (Lipinski definition) is 2. The van der Waals surface area contributed by atoms with Crippen LogP contribution in [-0.2, 0) is 0 Å². The predicted molar refractivity (Wildman–Crippen MR) is 48.7 cm³/mol. The summed E-state index contributed by atoms with van der Waals surface area (Å²) in [7, 11) is 2.25. The van der Waals surface area contributed by atoms with Crippen LogP contribution in [0.5, 0.6) is 0 Å². The second kappa shape index (κ2) is 4.67. The molecule has 1 fully saturated rings. The minimum atomic E-state index is 0.803. The van der Waals surface area contributed by atoms with Crippen molar-refractivity contribution in [3.63, 3.8) is 0 Å². The van der Waals surface area contributed by atoms with E-state index >= 15 is 0 Å². The zero-order chi connectivity index (χ0) is 8.27. The summed E-state index contributed by atoms with van der Waals surface area (Å²) in [6.45, 7) is 6.16. The fraction of sp³-hybridized carbons (Fsp3) is 1.00. The Morgan fingerprint density at radius 2 is 2.18 bits per heavy atom. The van der Waals surface area contributed by atoms with Gasteiger partial charge in [0.15, 0.2) is 0 Å². The van der Waals surface area contributed by atoms with Crippen molar-refractivity contribution in [2.75, 3.05) is 26.7 Å². The Bertz CT molecular complexity index is 119. The Balaban J connectivity index is 2.45. The van der Waals surface area contributed by atoms with Gasteiger partial charge in [-0.05, 0) is 0 Å². The van der Waals surface area contributed by atoms with Gasteiger partial charge in [-0.2, -0.15) is 0 Å². The van der Waals surface area contributed by atoms with E-state index in [4.69, 9.17) is 0 Å². The van der Waals surface area contributed by atoms with E-state index in [2.05, 4.69) is 22.0 Å². The third kappa shape index (κ3) is 2.92. The summed E-state index contributed by atoms with van der Waals surface area (Å²) < 4.78 is 2.53. The predicted octanol–water partition coefficient (Wildman–Crippen LogP) is 0.486. The summed E-state index contributed by atoms with van der Waals surface area (Å²) in [6, 6.07) is 0.803. The Hall–Kier alpha value is 0.719. The van der Waals surface area contributed by atoms with Crippen LogP contribution in [-0.4, -0.2) is 63.5 Å². The van der Waals surface area contributed by atoms with E-state index in [9.17, 15) is 0 Å². The molecule has 3 heteroatoms. The molecule has 1 rings (SSSR count). The molecule has 0 spiro atoms. The Morgan fingerprint density at radius 3 is 2.82 bits per heavy atom. The van der Waals surface area contributed by atoms with Gasteiger partial charge in [-0.15, -0.1) is 0 Å².